The van der Waals surface area contributed by atoms with Crippen LogP contribution in [0.3, 0.4) is 0 Å². The van der Waals surface area contributed by atoms with Gasteiger partial charge in [0.1, 0.15) is 18.1 Å². The quantitative estimate of drug-likeness (QED) is 0.268. The highest BCUT2D eigenvalue weighted by atomic mass is 16.4. The van der Waals surface area contributed by atoms with Crippen molar-refractivity contribution in [3.05, 3.63) is 35.9 Å². The van der Waals surface area contributed by atoms with Gasteiger partial charge in [0.25, 0.3) is 0 Å². The van der Waals surface area contributed by atoms with Crippen molar-refractivity contribution in [1.29, 1.82) is 0 Å². The molecule has 35 heavy (non-hydrogen) atoms. The fourth-order valence-electron chi connectivity index (χ4n) is 3.58. The Morgan fingerprint density at radius 3 is 1.89 bits per heavy atom. The summed E-state index contributed by atoms with van der Waals surface area (Å²) in [6.45, 7) is 11.0. The number of hydrogen-bond donors (Lipinski definition) is 5. The van der Waals surface area contributed by atoms with Gasteiger partial charge in [-0.25, -0.2) is 4.79 Å². The van der Waals surface area contributed by atoms with Crippen LogP contribution in [0.5, 0.6) is 0 Å². The van der Waals surface area contributed by atoms with E-state index in [1.54, 1.807) is 13.8 Å². The highest BCUT2D eigenvalue weighted by Gasteiger charge is 2.32. The Morgan fingerprint density at radius 1 is 0.857 bits per heavy atom. The summed E-state index contributed by atoms with van der Waals surface area (Å²) in [5.41, 5.74) is 6.91. The highest BCUT2D eigenvalue weighted by Crippen LogP contribution is 2.11. The predicted molar refractivity (Wildman–Crippen MR) is 135 cm³/mol. The molecule has 5 unspecified atom stereocenters. The summed E-state index contributed by atoms with van der Waals surface area (Å²) in [4.78, 5) is 50.6. The third-order valence-electron chi connectivity index (χ3n) is 6.05. The zero-order valence-electron chi connectivity index (χ0n) is 21.7. The lowest BCUT2D eigenvalue weighted by Gasteiger charge is -2.27. The molecule has 0 aliphatic rings. The lowest BCUT2D eigenvalue weighted by Crippen LogP contribution is -2.58. The van der Waals surface area contributed by atoms with Crippen molar-refractivity contribution in [2.24, 2.45) is 23.5 Å². The van der Waals surface area contributed by atoms with Crippen LogP contribution in [0.1, 0.15) is 59.9 Å². The maximum atomic E-state index is 13.3. The number of carbonyl (C=O) groups excluding carboxylic acids is 3. The van der Waals surface area contributed by atoms with E-state index >= 15 is 0 Å². The number of nitrogens with one attached hydrogen (secondary N) is 3. The second-order valence-electron chi connectivity index (χ2n) is 9.92. The van der Waals surface area contributed by atoms with Gasteiger partial charge < -0.3 is 26.8 Å². The zero-order valence-corrected chi connectivity index (χ0v) is 21.7. The normalized spacial score (nSPS) is 15.6. The fourth-order valence-corrected chi connectivity index (χ4v) is 3.58. The van der Waals surface area contributed by atoms with Gasteiger partial charge in [0.15, 0.2) is 0 Å². The van der Waals surface area contributed by atoms with E-state index < -0.39 is 47.9 Å². The number of hydrogen-bond acceptors (Lipinski definition) is 5. The van der Waals surface area contributed by atoms with Gasteiger partial charge in [0, 0.05) is 6.42 Å². The first-order chi connectivity index (χ1) is 16.4. The number of amides is 3. The van der Waals surface area contributed by atoms with Gasteiger partial charge in [-0.15, -0.1) is 0 Å². The highest BCUT2D eigenvalue weighted by molar-refractivity contribution is 5.94. The Labute approximate surface area is 208 Å². The van der Waals surface area contributed by atoms with Crippen LogP contribution in [0.2, 0.25) is 0 Å². The van der Waals surface area contributed by atoms with Crippen molar-refractivity contribution in [3.8, 4) is 0 Å². The molecule has 0 spiro atoms. The van der Waals surface area contributed by atoms with Crippen LogP contribution in [0.4, 0.5) is 0 Å². The molecule has 0 saturated carbocycles. The first-order valence-electron chi connectivity index (χ1n) is 12.3. The maximum Gasteiger partial charge on any atom is 0.326 e. The summed E-state index contributed by atoms with van der Waals surface area (Å²) in [7, 11) is 0. The van der Waals surface area contributed by atoms with Gasteiger partial charge in [-0.3, -0.25) is 14.4 Å². The lowest BCUT2D eigenvalue weighted by atomic mass is 9.97. The Kier molecular flexibility index (Phi) is 12.4. The van der Waals surface area contributed by atoms with Crippen molar-refractivity contribution >= 4 is 23.7 Å². The molecular formula is C26H42N4O5. The number of carbonyl (C=O) groups is 4. The van der Waals surface area contributed by atoms with Crippen LogP contribution in [-0.2, 0) is 25.6 Å². The van der Waals surface area contributed by atoms with Crippen LogP contribution in [-0.4, -0.2) is 53.0 Å². The Bertz CT molecular complexity index is 843. The predicted octanol–water partition coefficient (Wildman–Crippen LogP) is 1.84. The van der Waals surface area contributed by atoms with Gasteiger partial charge in [0.2, 0.25) is 17.7 Å². The van der Waals surface area contributed by atoms with Crippen LogP contribution >= 0.6 is 0 Å². The molecule has 1 rings (SSSR count). The van der Waals surface area contributed by atoms with Gasteiger partial charge >= 0.3 is 5.97 Å². The largest absolute Gasteiger partial charge is 0.480 e. The molecule has 5 atom stereocenters. The third kappa shape index (κ3) is 10.1. The van der Waals surface area contributed by atoms with Gasteiger partial charge in [-0.2, -0.15) is 0 Å². The van der Waals surface area contributed by atoms with Crippen molar-refractivity contribution < 1.29 is 24.3 Å². The van der Waals surface area contributed by atoms with Crippen molar-refractivity contribution in [1.82, 2.24) is 16.0 Å². The number of aliphatic carboxylic acids is 1. The van der Waals surface area contributed by atoms with E-state index in [9.17, 15) is 24.3 Å². The fraction of sp³-hybridized carbons (Fsp3) is 0.615. The molecule has 1 aromatic carbocycles. The molecule has 0 fully saturated rings. The summed E-state index contributed by atoms with van der Waals surface area (Å²) in [6, 6.07) is 5.45. The Morgan fingerprint density at radius 2 is 1.40 bits per heavy atom. The summed E-state index contributed by atoms with van der Waals surface area (Å²) in [5.74, 6) is -3.04. The van der Waals surface area contributed by atoms with Gasteiger partial charge in [-0.05, 0) is 29.7 Å². The molecule has 0 saturated heterocycles. The molecule has 1 aromatic rings. The van der Waals surface area contributed by atoms with Crippen LogP contribution in [0, 0.1) is 17.8 Å². The number of rotatable bonds is 14. The SMILES string of the molecule is CCC(C)C(N)C(=O)NC(Cc1ccccc1)C(=O)NC(CC(C)C)C(=O)NC(C(=O)O)C(C)C. The number of carboxylic acids is 1. The first kappa shape index (κ1) is 30.1. The standard InChI is InChI=1S/C26H42N4O5/c1-7-17(6)21(27)25(33)29-20(14-18-11-9-8-10-12-18)23(31)28-19(13-15(2)3)24(32)30-22(16(4)5)26(34)35/h8-12,15-17,19-22H,7,13-14,27H2,1-6H3,(H,28,31)(H,29,33)(H,30,32)(H,34,35). The number of benzene rings is 1. The minimum absolute atomic E-state index is 0.0503. The van der Waals surface area contributed by atoms with E-state index in [2.05, 4.69) is 16.0 Å². The molecule has 0 aliphatic carbocycles. The molecule has 0 radical (unpaired) electrons. The number of nitrogens with two attached hydrogens (primary N) is 1. The molecular weight excluding hydrogens is 448 g/mol. The van der Waals surface area contributed by atoms with E-state index in [1.807, 2.05) is 58.0 Å². The van der Waals surface area contributed by atoms with E-state index in [4.69, 9.17) is 5.73 Å². The van der Waals surface area contributed by atoms with Gasteiger partial charge in [-0.1, -0.05) is 78.3 Å². The Hall–Kier alpha value is -2.94. The minimum Gasteiger partial charge on any atom is -0.480 e. The van der Waals surface area contributed by atoms with Gasteiger partial charge in [0.05, 0.1) is 6.04 Å². The summed E-state index contributed by atoms with van der Waals surface area (Å²) in [5, 5.41) is 17.5. The Balaban J connectivity index is 3.12. The first-order valence-corrected chi connectivity index (χ1v) is 12.3. The molecule has 0 aromatic heterocycles. The molecule has 0 heterocycles. The molecule has 196 valence electrons. The molecule has 9 nitrogen and oxygen atoms in total. The van der Waals surface area contributed by atoms with Crippen LogP contribution < -0.4 is 21.7 Å². The lowest BCUT2D eigenvalue weighted by molar-refractivity contribution is -0.143. The van der Waals surface area contributed by atoms with E-state index in [1.165, 1.54) is 0 Å². The summed E-state index contributed by atoms with van der Waals surface area (Å²) < 4.78 is 0. The van der Waals surface area contributed by atoms with Crippen molar-refractivity contribution in [2.75, 3.05) is 0 Å². The second-order valence-corrected chi connectivity index (χ2v) is 9.92. The van der Waals surface area contributed by atoms with Crippen molar-refractivity contribution in [2.45, 2.75) is 85.0 Å². The van der Waals surface area contributed by atoms with Crippen LogP contribution in [0.15, 0.2) is 30.3 Å². The molecule has 0 aliphatic heterocycles. The smallest absolute Gasteiger partial charge is 0.326 e. The average Bonchev–Trinajstić information content (AvgIpc) is 2.80. The van der Waals surface area contributed by atoms with E-state index in [-0.39, 0.29) is 24.2 Å². The maximum absolute atomic E-state index is 13.3. The van der Waals surface area contributed by atoms with E-state index in [0.717, 1.165) is 5.56 Å². The monoisotopic (exact) mass is 490 g/mol. The minimum atomic E-state index is -1.14. The van der Waals surface area contributed by atoms with Crippen molar-refractivity contribution in [3.63, 3.8) is 0 Å². The molecule has 6 N–H and O–H groups in total. The average molecular weight is 491 g/mol. The second kappa shape index (κ2) is 14.5. The zero-order chi connectivity index (χ0) is 26.7. The molecule has 3 amide bonds. The topological polar surface area (TPSA) is 151 Å². The summed E-state index contributed by atoms with van der Waals surface area (Å²) in [6.07, 6.45) is 1.23. The number of carboxylic acid groups (broad SMARTS) is 1. The van der Waals surface area contributed by atoms with Crippen LogP contribution in [0.25, 0.3) is 0 Å². The molecule has 0 bridgehead atoms. The third-order valence-corrected chi connectivity index (χ3v) is 6.05. The van der Waals surface area contributed by atoms with E-state index in [0.29, 0.717) is 12.8 Å². The summed E-state index contributed by atoms with van der Waals surface area (Å²) >= 11 is 0. The molecule has 9 heteroatoms.